The maximum absolute atomic E-state index is 4.40. The van der Waals surface area contributed by atoms with Gasteiger partial charge in [-0.15, -0.1) is 0 Å². The highest BCUT2D eigenvalue weighted by atomic mass is 15.2. The number of aromatic nitrogens is 1. The van der Waals surface area contributed by atoms with Crippen LogP contribution in [0.15, 0.2) is 18.3 Å². The van der Waals surface area contributed by atoms with E-state index in [1.165, 1.54) is 44.2 Å². The quantitative estimate of drug-likeness (QED) is 0.887. The molecule has 2 atom stereocenters. The van der Waals surface area contributed by atoms with E-state index in [9.17, 15) is 0 Å². The monoisotopic (exact) mass is 273 g/mol. The van der Waals surface area contributed by atoms with E-state index < -0.39 is 0 Å². The van der Waals surface area contributed by atoms with Crippen molar-refractivity contribution in [1.82, 2.24) is 9.88 Å². The molecule has 1 aromatic heterocycles. The van der Waals surface area contributed by atoms with Gasteiger partial charge in [0.2, 0.25) is 0 Å². The summed E-state index contributed by atoms with van der Waals surface area (Å²) in [5, 5.41) is 3.39. The zero-order valence-electron chi connectivity index (χ0n) is 12.6. The van der Waals surface area contributed by atoms with Crippen molar-refractivity contribution in [3.8, 4) is 0 Å². The fourth-order valence-electron chi connectivity index (χ4n) is 3.86. The van der Waals surface area contributed by atoms with Gasteiger partial charge in [0.1, 0.15) is 5.82 Å². The topological polar surface area (TPSA) is 28.2 Å². The second-order valence-corrected chi connectivity index (χ2v) is 6.35. The minimum Gasteiger partial charge on any atom is -0.370 e. The number of anilines is 1. The Morgan fingerprint density at radius 1 is 1.30 bits per heavy atom. The van der Waals surface area contributed by atoms with Gasteiger partial charge in [-0.3, -0.25) is 4.90 Å². The Morgan fingerprint density at radius 3 is 3.10 bits per heavy atom. The Kier molecular flexibility index (Phi) is 4.56. The Morgan fingerprint density at radius 2 is 2.20 bits per heavy atom. The number of nitrogens with one attached hydrogen (secondary N) is 1. The summed E-state index contributed by atoms with van der Waals surface area (Å²) in [6, 6.07) is 5.25. The van der Waals surface area contributed by atoms with E-state index in [1.807, 2.05) is 6.20 Å². The molecule has 2 fully saturated rings. The molecule has 2 aliphatic rings. The zero-order chi connectivity index (χ0) is 13.8. The predicted octanol–water partition coefficient (Wildman–Crippen LogP) is 3.67. The lowest BCUT2D eigenvalue weighted by molar-refractivity contribution is 0.176. The Balaban J connectivity index is 1.62. The number of fused-ring (bicyclic) bond motifs is 1. The second kappa shape index (κ2) is 6.57. The molecule has 0 aromatic carbocycles. The van der Waals surface area contributed by atoms with Gasteiger partial charge in [-0.1, -0.05) is 19.8 Å². The van der Waals surface area contributed by atoms with E-state index >= 15 is 0 Å². The van der Waals surface area contributed by atoms with Gasteiger partial charge in [0.05, 0.1) is 0 Å². The van der Waals surface area contributed by atoms with Crippen LogP contribution in [0.4, 0.5) is 5.82 Å². The summed E-state index contributed by atoms with van der Waals surface area (Å²) in [6.07, 6.45) is 10.3. The highest BCUT2D eigenvalue weighted by Gasteiger charge is 2.35. The van der Waals surface area contributed by atoms with Crippen LogP contribution in [-0.4, -0.2) is 29.0 Å². The molecule has 3 nitrogen and oxygen atoms in total. The molecule has 1 aromatic rings. The Hall–Kier alpha value is -1.09. The molecule has 1 aliphatic carbocycles. The average Bonchev–Trinajstić information content (AvgIpc) is 2.89. The van der Waals surface area contributed by atoms with Crippen LogP contribution in [0.5, 0.6) is 0 Å². The predicted molar refractivity (Wildman–Crippen MR) is 83.8 cm³/mol. The normalized spacial score (nSPS) is 26.4. The smallest absolute Gasteiger partial charge is 0.126 e. The highest BCUT2D eigenvalue weighted by molar-refractivity contribution is 5.37. The molecule has 0 spiro atoms. The van der Waals surface area contributed by atoms with Gasteiger partial charge < -0.3 is 5.32 Å². The van der Waals surface area contributed by atoms with E-state index in [4.69, 9.17) is 0 Å². The maximum Gasteiger partial charge on any atom is 0.126 e. The lowest BCUT2D eigenvalue weighted by Gasteiger charge is -2.31. The van der Waals surface area contributed by atoms with Crippen molar-refractivity contribution < 1.29 is 0 Å². The van der Waals surface area contributed by atoms with Crippen LogP contribution in [0.2, 0.25) is 0 Å². The number of likely N-dealkylation sites (tertiary alicyclic amines) is 1. The molecule has 1 saturated heterocycles. The Labute approximate surface area is 122 Å². The molecular formula is C17H27N3. The van der Waals surface area contributed by atoms with E-state index in [1.54, 1.807) is 0 Å². The second-order valence-electron chi connectivity index (χ2n) is 6.35. The molecule has 0 bridgehead atoms. The standard InChI is InChI=1S/C17H27N3/c1-2-9-18-17-12-14(7-10-19-17)13-20-11-8-15-5-3-4-6-16(15)20/h7,10,12,15-16H,2-6,8-9,11,13H2,1H3,(H,18,19). The lowest BCUT2D eigenvalue weighted by atomic mass is 9.85. The molecule has 0 radical (unpaired) electrons. The SMILES string of the molecule is CCCNc1cc(CN2CCC3CCCCC32)ccn1. The first-order valence-corrected chi connectivity index (χ1v) is 8.29. The average molecular weight is 273 g/mol. The number of rotatable bonds is 5. The van der Waals surface area contributed by atoms with Gasteiger partial charge in [0.15, 0.2) is 0 Å². The van der Waals surface area contributed by atoms with E-state index in [0.29, 0.717) is 0 Å². The minimum absolute atomic E-state index is 0.851. The minimum atomic E-state index is 0.851. The van der Waals surface area contributed by atoms with Crippen molar-refractivity contribution >= 4 is 5.82 Å². The molecule has 3 heteroatoms. The van der Waals surface area contributed by atoms with E-state index in [0.717, 1.165) is 37.3 Å². The molecule has 0 amide bonds. The number of hydrogen-bond donors (Lipinski definition) is 1. The molecule has 1 N–H and O–H groups in total. The summed E-state index contributed by atoms with van der Waals surface area (Å²) in [6.45, 7) is 5.58. The lowest BCUT2D eigenvalue weighted by Crippen LogP contribution is -2.34. The van der Waals surface area contributed by atoms with Gasteiger partial charge in [-0.2, -0.15) is 0 Å². The largest absolute Gasteiger partial charge is 0.370 e. The molecule has 2 heterocycles. The summed E-state index contributed by atoms with van der Waals surface area (Å²) < 4.78 is 0. The van der Waals surface area contributed by atoms with Crippen molar-refractivity contribution in [2.75, 3.05) is 18.4 Å². The third kappa shape index (κ3) is 3.14. The summed E-state index contributed by atoms with van der Waals surface area (Å²) >= 11 is 0. The maximum atomic E-state index is 4.40. The molecule has 1 aliphatic heterocycles. The van der Waals surface area contributed by atoms with Crippen molar-refractivity contribution in [3.05, 3.63) is 23.9 Å². The van der Waals surface area contributed by atoms with E-state index in [2.05, 4.69) is 34.3 Å². The van der Waals surface area contributed by atoms with Crippen LogP contribution in [0.1, 0.15) is 51.0 Å². The van der Waals surface area contributed by atoms with E-state index in [-0.39, 0.29) is 0 Å². The third-order valence-corrected chi connectivity index (χ3v) is 4.89. The van der Waals surface area contributed by atoms with Crippen LogP contribution >= 0.6 is 0 Å². The van der Waals surface area contributed by atoms with Crippen LogP contribution < -0.4 is 5.32 Å². The Bertz CT molecular complexity index is 432. The first-order valence-electron chi connectivity index (χ1n) is 8.29. The van der Waals surface area contributed by atoms with Crippen molar-refractivity contribution in [3.63, 3.8) is 0 Å². The summed E-state index contributed by atoms with van der Waals surface area (Å²) in [7, 11) is 0. The molecule has 3 rings (SSSR count). The number of nitrogens with zero attached hydrogens (tertiary/aromatic N) is 2. The third-order valence-electron chi connectivity index (χ3n) is 4.89. The fraction of sp³-hybridized carbons (Fsp3) is 0.706. The van der Waals surface area contributed by atoms with Crippen LogP contribution in [0.3, 0.4) is 0 Å². The first-order chi connectivity index (χ1) is 9.86. The summed E-state index contributed by atoms with van der Waals surface area (Å²) in [4.78, 5) is 7.11. The zero-order valence-corrected chi connectivity index (χ0v) is 12.6. The molecule has 20 heavy (non-hydrogen) atoms. The van der Waals surface area contributed by atoms with Gasteiger partial charge >= 0.3 is 0 Å². The summed E-state index contributed by atoms with van der Waals surface area (Å²) in [5.74, 6) is 2.01. The van der Waals surface area contributed by atoms with Crippen LogP contribution in [-0.2, 0) is 6.54 Å². The number of hydrogen-bond acceptors (Lipinski definition) is 3. The number of pyridine rings is 1. The molecular weight excluding hydrogens is 246 g/mol. The van der Waals surface area contributed by atoms with Crippen molar-refractivity contribution in [1.29, 1.82) is 0 Å². The molecule has 2 unspecified atom stereocenters. The van der Waals surface area contributed by atoms with Gasteiger partial charge in [-0.25, -0.2) is 4.98 Å². The first kappa shape index (κ1) is 13.9. The van der Waals surface area contributed by atoms with Crippen LogP contribution in [0.25, 0.3) is 0 Å². The van der Waals surface area contributed by atoms with Crippen LogP contribution in [0, 0.1) is 5.92 Å². The van der Waals surface area contributed by atoms with Crippen molar-refractivity contribution in [2.45, 2.75) is 58.0 Å². The van der Waals surface area contributed by atoms with Crippen molar-refractivity contribution in [2.24, 2.45) is 5.92 Å². The summed E-state index contributed by atoms with van der Waals surface area (Å²) in [5.41, 5.74) is 1.41. The fourth-order valence-corrected chi connectivity index (χ4v) is 3.86. The molecule has 110 valence electrons. The van der Waals surface area contributed by atoms with Gasteiger partial charge in [0.25, 0.3) is 0 Å². The van der Waals surface area contributed by atoms with Gasteiger partial charge in [-0.05, 0) is 55.8 Å². The molecule has 1 saturated carbocycles. The highest BCUT2D eigenvalue weighted by Crippen LogP contribution is 2.36. The van der Waals surface area contributed by atoms with Gasteiger partial charge in [0, 0.05) is 25.3 Å².